The average molecular weight is 282 g/mol. The van der Waals surface area contributed by atoms with Crippen LogP contribution in [0.3, 0.4) is 0 Å². The van der Waals surface area contributed by atoms with Gasteiger partial charge in [-0.25, -0.2) is 0 Å². The van der Waals surface area contributed by atoms with Gasteiger partial charge in [0.05, 0.1) is 5.75 Å². The molecular weight excluding hydrogens is 256 g/mol. The molecule has 0 fully saturated rings. The van der Waals surface area contributed by atoms with E-state index in [4.69, 9.17) is 0 Å². The number of allylic oxidation sites excluding steroid dienone is 2. The molecule has 0 N–H and O–H groups in total. The number of thioether (sulfide) groups is 1. The highest BCUT2D eigenvalue weighted by Gasteiger charge is 2.11. The lowest BCUT2D eigenvalue weighted by molar-refractivity contribution is -0.117. The first kappa shape index (κ1) is 18.2. The second kappa shape index (κ2) is 12.2. The van der Waals surface area contributed by atoms with Crippen LogP contribution in [0.15, 0.2) is 25.3 Å². The summed E-state index contributed by atoms with van der Waals surface area (Å²) >= 11 is 1.17. The first-order valence-corrected chi connectivity index (χ1v) is 7.97. The summed E-state index contributed by atoms with van der Waals surface area (Å²) in [4.78, 5) is 23.2. The van der Waals surface area contributed by atoms with Crippen LogP contribution in [0.5, 0.6) is 0 Å². The van der Waals surface area contributed by atoms with E-state index in [1.165, 1.54) is 11.8 Å². The average Bonchev–Trinajstić information content (AvgIpc) is 2.39. The van der Waals surface area contributed by atoms with Gasteiger partial charge in [0.25, 0.3) is 0 Å². The quantitative estimate of drug-likeness (QED) is 0.389. The Labute approximate surface area is 121 Å². The third kappa shape index (κ3) is 12.0. The first-order valence-electron chi connectivity index (χ1n) is 6.99. The van der Waals surface area contributed by atoms with Crippen molar-refractivity contribution in [2.45, 2.75) is 51.9 Å². The second-order valence-electron chi connectivity index (χ2n) is 4.91. The minimum absolute atomic E-state index is 0.135. The lowest BCUT2D eigenvalue weighted by atomic mass is 10.00. The van der Waals surface area contributed by atoms with Crippen LogP contribution in [0.25, 0.3) is 0 Å². The summed E-state index contributed by atoms with van der Waals surface area (Å²) in [6.45, 7) is 9.39. The molecule has 0 aliphatic rings. The number of ketones is 1. The predicted octanol–water partition coefficient (Wildman–Crippen LogP) is 4.55. The van der Waals surface area contributed by atoms with Crippen LogP contribution in [-0.2, 0) is 9.59 Å². The minimum atomic E-state index is 0.135. The summed E-state index contributed by atoms with van der Waals surface area (Å²) in [6, 6.07) is 0. The van der Waals surface area contributed by atoms with E-state index in [0.717, 1.165) is 32.1 Å². The highest BCUT2D eigenvalue weighted by atomic mass is 32.2. The normalized spacial score (nSPS) is 11.8. The minimum Gasteiger partial charge on any atom is -0.299 e. The summed E-state index contributed by atoms with van der Waals surface area (Å²) in [7, 11) is 0. The molecule has 0 saturated carbocycles. The molecule has 108 valence electrons. The second-order valence-corrected chi connectivity index (χ2v) is 5.94. The molecule has 0 spiro atoms. The topological polar surface area (TPSA) is 34.1 Å². The Bertz CT molecular complexity index is 297. The number of carbonyl (C=O) groups excluding carboxylic acids is 2. The van der Waals surface area contributed by atoms with Gasteiger partial charge in [-0.15, -0.1) is 13.2 Å². The molecule has 0 bridgehead atoms. The van der Waals surface area contributed by atoms with Crippen molar-refractivity contribution >= 4 is 22.7 Å². The molecule has 0 aromatic rings. The van der Waals surface area contributed by atoms with Gasteiger partial charge in [-0.2, -0.15) is 0 Å². The van der Waals surface area contributed by atoms with Crippen molar-refractivity contribution < 1.29 is 9.59 Å². The number of carbonyl (C=O) groups is 2. The molecule has 0 radical (unpaired) electrons. The molecule has 1 atom stereocenters. The number of hydrogen-bond donors (Lipinski definition) is 0. The molecule has 0 amide bonds. The fourth-order valence-corrected chi connectivity index (χ4v) is 2.47. The Kier molecular flexibility index (Phi) is 11.7. The van der Waals surface area contributed by atoms with Gasteiger partial charge in [-0.05, 0) is 38.0 Å². The summed E-state index contributed by atoms with van der Waals surface area (Å²) in [5, 5.41) is 0.135. The van der Waals surface area contributed by atoms with Gasteiger partial charge in [0.1, 0.15) is 5.78 Å². The molecule has 0 aromatic carbocycles. The van der Waals surface area contributed by atoms with Crippen LogP contribution < -0.4 is 0 Å². The highest BCUT2D eigenvalue weighted by Crippen LogP contribution is 2.15. The van der Waals surface area contributed by atoms with E-state index in [-0.39, 0.29) is 10.9 Å². The molecule has 0 heterocycles. The van der Waals surface area contributed by atoms with Crippen LogP contribution in [-0.4, -0.2) is 16.7 Å². The lowest BCUT2D eigenvalue weighted by Gasteiger charge is -2.08. The molecular formula is C16H26O2S. The Balaban J connectivity index is 3.62. The van der Waals surface area contributed by atoms with Crippen molar-refractivity contribution in [1.82, 2.24) is 0 Å². The van der Waals surface area contributed by atoms with Crippen LogP contribution >= 0.6 is 11.8 Å². The van der Waals surface area contributed by atoms with Crippen molar-refractivity contribution in [2.75, 3.05) is 5.75 Å². The smallest absolute Gasteiger partial charge is 0.189 e. The van der Waals surface area contributed by atoms with Crippen LogP contribution in [0.2, 0.25) is 0 Å². The van der Waals surface area contributed by atoms with E-state index < -0.39 is 0 Å². The molecule has 19 heavy (non-hydrogen) atoms. The van der Waals surface area contributed by atoms with Gasteiger partial charge >= 0.3 is 0 Å². The van der Waals surface area contributed by atoms with E-state index >= 15 is 0 Å². The fourth-order valence-electron chi connectivity index (χ4n) is 1.74. The summed E-state index contributed by atoms with van der Waals surface area (Å²) in [6.07, 6.45) is 9.68. The zero-order valence-corrected chi connectivity index (χ0v) is 12.8. The maximum absolute atomic E-state index is 11.7. The van der Waals surface area contributed by atoms with Gasteiger partial charge in [-0.1, -0.05) is 30.8 Å². The van der Waals surface area contributed by atoms with Gasteiger partial charge in [0, 0.05) is 12.8 Å². The van der Waals surface area contributed by atoms with Crippen LogP contribution in [0, 0.1) is 5.92 Å². The number of Topliss-reactive ketones (excluding diaryl/α,β-unsaturated/α-hetero) is 1. The van der Waals surface area contributed by atoms with Crippen molar-refractivity contribution in [1.29, 1.82) is 0 Å². The van der Waals surface area contributed by atoms with Gasteiger partial charge in [0.2, 0.25) is 0 Å². The highest BCUT2D eigenvalue weighted by molar-refractivity contribution is 8.14. The third-order valence-corrected chi connectivity index (χ3v) is 3.87. The van der Waals surface area contributed by atoms with Crippen molar-refractivity contribution in [3.8, 4) is 0 Å². The molecule has 0 saturated heterocycles. The first-order chi connectivity index (χ1) is 9.10. The van der Waals surface area contributed by atoms with Gasteiger partial charge < -0.3 is 0 Å². The van der Waals surface area contributed by atoms with E-state index in [1.807, 2.05) is 12.2 Å². The third-order valence-electron chi connectivity index (χ3n) is 2.87. The summed E-state index contributed by atoms with van der Waals surface area (Å²) < 4.78 is 0. The molecule has 0 aliphatic heterocycles. The standard InChI is InChI=1S/C16H26O2S/c1-4-6-8-9-11-16(18)19-13-15(17)12-14(3)10-7-5-2/h4-5,14H,1-2,6-13H2,3H3. The van der Waals surface area contributed by atoms with Crippen molar-refractivity contribution in [2.24, 2.45) is 5.92 Å². The van der Waals surface area contributed by atoms with E-state index in [2.05, 4.69) is 20.1 Å². The number of rotatable bonds is 12. The van der Waals surface area contributed by atoms with Gasteiger partial charge in [0.15, 0.2) is 5.12 Å². The largest absolute Gasteiger partial charge is 0.299 e. The zero-order chi connectivity index (χ0) is 14.5. The van der Waals surface area contributed by atoms with Crippen molar-refractivity contribution in [3.63, 3.8) is 0 Å². The Hall–Kier alpha value is -0.830. The molecule has 0 rings (SSSR count). The van der Waals surface area contributed by atoms with Crippen LogP contribution in [0.1, 0.15) is 51.9 Å². The Morgan fingerprint density at radius 3 is 2.47 bits per heavy atom. The number of hydrogen-bond acceptors (Lipinski definition) is 3. The van der Waals surface area contributed by atoms with Gasteiger partial charge in [-0.3, -0.25) is 9.59 Å². The van der Waals surface area contributed by atoms with E-state index in [9.17, 15) is 9.59 Å². The van der Waals surface area contributed by atoms with Crippen LogP contribution in [0.4, 0.5) is 0 Å². The SMILES string of the molecule is C=CCCCCC(=O)SCC(=O)CC(C)CCC=C. The number of unbranched alkanes of at least 4 members (excludes halogenated alkanes) is 2. The van der Waals surface area contributed by atoms with Crippen molar-refractivity contribution in [3.05, 3.63) is 25.3 Å². The Morgan fingerprint density at radius 2 is 1.84 bits per heavy atom. The molecule has 2 nitrogen and oxygen atoms in total. The Morgan fingerprint density at radius 1 is 1.16 bits per heavy atom. The van der Waals surface area contributed by atoms with E-state index in [1.54, 1.807) is 0 Å². The maximum atomic E-state index is 11.7. The monoisotopic (exact) mass is 282 g/mol. The molecule has 3 heteroatoms. The molecule has 0 aliphatic carbocycles. The molecule has 0 aromatic heterocycles. The lowest BCUT2D eigenvalue weighted by Crippen LogP contribution is -2.09. The zero-order valence-electron chi connectivity index (χ0n) is 12.0. The summed E-state index contributed by atoms with van der Waals surface area (Å²) in [5.74, 6) is 0.897. The predicted molar refractivity (Wildman–Crippen MR) is 84.3 cm³/mol. The molecule has 1 unspecified atom stereocenters. The fraction of sp³-hybridized carbons (Fsp3) is 0.625. The van der Waals surface area contributed by atoms with E-state index in [0.29, 0.717) is 24.5 Å². The summed E-state index contributed by atoms with van der Waals surface area (Å²) in [5.41, 5.74) is 0. The maximum Gasteiger partial charge on any atom is 0.189 e.